The Morgan fingerprint density at radius 1 is 0.974 bits per heavy atom. The van der Waals surface area contributed by atoms with E-state index in [-0.39, 0.29) is 24.4 Å². The van der Waals surface area contributed by atoms with Gasteiger partial charge in [0.1, 0.15) is 24.2 Å². The molecule has 4 rings (SSSR count). The van der Waals surface area contributed by atoms with Crippen LogP contribution in [0.15, 0.2) is 72.8 Å². The fourth-order valence-corrected chi connectivity index (χ4v) is 4.24. The number of para-hydroxylation sites is 1. The first-order valence-electron chi connectivity index (χ1n) is 12.9. The van der Waals surface area contributed by atoms with Crippen molar-refractivity contribution >= 4 is 23.6 Å². The molecule has 39 heavy (non-hydrogen) atoms. The van der Waals surface area contributed by atoms with Crippen LogP contribution in [0.2, 0.25) is 0 Å². The maximum atomic E-state index is 12.7. The van der Waals surface area contributed by atoms with Crippen molar-refractivity contribution < 1.29 is 28.5 Å². The number of esters is 1. The first-order chi connectivity index (χ1) is 18.9. The smallest absolute Gasteiger partial charge is 0.308 e. The van der Waals surface area contributed by atoms with Crippen LogP contribution in [-0.4, -0.2) is 50.1 Å². The third kappa shape index (κ3) is 8.35. The monoisotopic (exact) mass is 530 g/mol. The number of piperidine rings is 1. The zero-order valence-corrected chi connectivity index (χ0v) is 22.5. The molecule has 1 N–H and O–H groups in total. The number of ether oxygens (including phenoxy) is 4. The molecule has 3 aromatic rings. The van der Waals surface area contributed by atoms with E-state index in [1.807, 2.05) is 48.5 Å². The van der Waals surface area contributed by atoms with Crippen LogP contribution >= 0.6 is 0 Å². The highest BCUT2D eigenvalue weighted by molar-refractivity contribution is 6.02. The first-order valence-corrected chi connectivity index (χ1v) is 12.9. The summed E-state index contributed by atoms with van der Waals surface area (Å²) in [7, 11) is 3.62. The normalized spacial score (nSPS) is 14.1. The SMILES string of the molecule is COc1ccc(C=CC(=O)Nc2ccccc2COc2cccc(OC3CCN(C)CC3)c2)cc1OC(C)=O. The molecule has 1 fully saturated rings. The van der Waals surface area contributed by atoms with Crippen molar-refractivity contribution in [2.75, 3.05) is 32.6 Å². The topological polar surface area (TPSA) is 86.3 Å². The molecule has 0 aromatic heterocycles. The number of carbonyl (C=O) groups excluding carboxylic acids is 2. The summed E-state index contributed by atoms with van der Waals surface area (Å²) >= 11 is 0. The van der Waals surface area contributed by atoms with Gasteiger partial charge in [0.2, 0.25) is 5.91 Å². The Morgan fingerprint density at radius 2 is 1.74 bits per heavy atom. The van der Waals surface area contributed by atoms with Crippen LogP contribution in [0, 0.1) is 0 Å². The molecule has 3 aromatic carbocycles. The molecule has 0 saturated carbocycles. The Balaban J connectivity index is 1.36. The fraction of sp³-hybridized carbons (Fsp3) is 0.290. The van der Waals surface area contributed by atoms with Crippen LogP contribution in [-0.2, 0) is 16.2 Å². The van der Waals surface area contributed by atoms with Crippen LogP contribution in [0.25, 0.3) is 6.08 Å². The van der Waals surface area contributed by atoms with E-state index < -0.39 is 5.97 Å². The Bertz CT molecular complexity index is 1310. The predicted molar refractivity (Wildman–Crippen MR) is 150 cm³/mol. The highest BCUT2D eigenvalue weighted by atomic mass is 16.6. The number of methoxy groups -OCH3 is 1. The van der Waals surface area contributed by atoms with Gasteiger partial charge in [0.05, 0.1) is 7.11 Å². The lowest BCUT2D eigenvalue weighted by molar-refractivity contribution is -0.132. The van der Waals surface area contributed by atoms with E-state index in [0.717, 1.165) is 37.2 Å². The number of carbonyl (C=O) groups is 2. The van der Waals surface area contributed by atoms with E-state index >= 15 is 0 Å². The van der Waals surface area contributed by atoms with Crippen LogP contribution in [0.4, 0.5) is 5.69 Å². The maximum absolute atomic E-state index is 12.7. The lowest BCUT2D eigenvalue weighted by atomic mass is 10.1. The molecule has 8 heteroatoms. The summed E-state index contributed by atoms with van der Waals surface area (Å²) in [5, 5.41) is 2.91. The number of nitrogens with zero attached hydrogens (tertiary/aromatic N) is 1. The third-order valence-corrected chi connectivity index (χ3v) is 6.31. The lowest BCUT2D eigenvalue weighted by Crippen LogP contribution is -2.35. The van der Waals surface area contributed by atoms with Crippen LogP contribution < -0.4 is 24.3 Å². The highest BCUT2D eigenvalue weighted by Gasteiger charge is 2.18. The van der Waals surface area contributed by atoms with Gasteiger partial charge in [0, 0.05) is 43.4 Å². The Kier molecular flexibility index (Phi) is 9.58. The molecule has 1 amide bonds. The second kappa shape index (κ2) is 13.5. The van der Waals surface area contributed by atoms with Crippen molar-refractivity contribution in [1.82, 2.24) is 4.90 Å². The minimum atomic E-state index is -0.456. The number of hydrogen-bond acceptors (Lipinski definition) is 7. The number of rotatable bonds is 10. The molecule has 1 saturated heterocycles. The summed E-state index contributed by atoms with van der Waals surface area (Å²) in [4.78, 5) is 26.4. The number of benzene rings is 3. The summed E-state index contributed by atoms with van der Waals surface area (Å²) in [6.07, 6.45) is 5.29. The molecular weight excluding hydrogens is 496 g/mol. The van der Waals surface area contributed by atoms with Crippen LogP contribution in [0.3, 0.4) is 0 Å². The molecule has 1 aliphatic heterocycles. The lowest BCUT2D eigenvalue weighted by Gasteiger charge is -2.29. The average molecular weight is 531 g/mol. The number of likely N-dealkylation sites (tertiary alicyclic amines) is 1. The van der Waals surface area contributed by atoms with E-state index in [0.29, 0.717) is 22.7 Å². The van der Waals surface area contributed by atoms with Crippen molar-refractivity contribution in [2.45, 2.75) is 32.5 Å². The zero-order valence-electron chi connectivity index (χ0n) is 22.5. The van der Waals surface area contributed by atoms with Gasteiger partial charge in [-0.2, -0.15) is 0 Å². The average Bonchev–Trinajstić information content (AvgIpc) is 2.93. The number of hydrogen-bond donors (Lipinski definition) is 1. The first kappa shape index (κ1) is 27.7. The Labute approximate surface area is 229 Å². The van der Waals surface area contributed by atoms with Gasteiger partial charge >= 0.3 is 5.97 Å². The third-order valence-electron chi connectivity index (χ3n) is 6.31. The summed E-state index contributed by atoms with van der Waals surface area (Å²) in [5.74, 6) is 1.45. The van der Waals surface area contributed by atoms with Gasteiger partial charge in [-0.25, -0.2) is 0 Å². The minimum absolute atomic E-state index is 0.214. The summed E-state index contributed by atoms with van der Waals surface area (Å²) < 4.78 is 22.6. The van der Waals surface area contributed by atoms with Gasteiger partial charge in [-0.1, -0.05) is 30.3 Å². The molecule has 0 atom stereocenters. The highest BCUT2D eigenvalue weighted by Crippen LogP contribution is 2.29. The molecule has 8 nitrogen and oxygen atoms in total. The van der Waals surface area contributed by atoms with E-state index in [2.05, 4.69) is 17.3 Å². The minimum Gasteiger partial charge on any atom is -0.493 e. The molecule has 0 unspecified atom stereocenters. The molecule has 0 radical (unpaired) electrons. The Morgan fingerprint density at radius 3 is 2.51 bits per heavy atom. The largest absolute Gasteiger partial charge is 0.493 e. The second-order valence-electron chi connectivity index (χ2n) is 9.37. The van der Waals surface area contributed by atoms with Gasteiger partial charge in [0.15, 0.2) is 11.5 Å². The predicted octanol–water partition coefficient (Wildman–Crippen LogP) is 5.32. The number of nitrogens with one attached hydrogen (secondary N) is 1. The van der Waals surface area contributed by atoms with Crippen molar-refractivity contribution in [1.29, 1.82) is 0 Å². The maximum Gasteiger partial charge on any atom is 0.308 e. The summed E-state index contributed by atoms with van der Waals surface area (Å²) in [6.45, 7) is 3.67. The summed E-state index contributed by atoms with van der Waals surface area (Å²) in [5.41, 5.74) is 2.17. The van der Waals surface area contributed by atoms with Crippen molar-refractivity contribution in [2.24, 2.45) is 0 Å². The van der Waals surface area contributed by atoms with Gasteiger partial charge in [-0.3, -0.25) is 9.59 Å². The molecule has 0 bridgehead atoms. The molecule has 1 heterocycles. The fourth-order valence-electron chi connectivity index (χ4n) is 4.24. The number of anilines is 1. The molecular formula is C31H34N2O6. The molecule has 0 spiro atoms. The quantitative estimate of drug-likeness (QED) is 0.216. The Hall–Kier alpha value is -4.30. The van der Waals surface area contributed by atoms with Gasteiger partial charge in [0.25, 0.3) is 0 Å². The molecule has 1 aliphatic rings. The number of amides is 1. The van der Waals surface area contributed by atoms with E-state index in [1.165, 1.54) is 20.1 Å². The van der Waals surface area contributed by atoms with Crippen LogP contribution in [0.1, 0.15) is 30.9 Å². The summed E-state index contributed by atoms with van der Waals surface area (Å²) in [6, 6.07) is 20.2. The van der Waals surface area contributed by atoms with Gasteiger partial charge < -0.3 is 29.2 Å². The zero-order chi connectivity index (χ0) is 27.6. The van der Waals surface area contributed by atoms with Crippen molar-refractivity contribution in [3.63, 3.8) is 0 Å². The van der Waals surface area contributed by atoms with Crippen molar-refractivity contribution in [3.8, 4) is 23.0 Å². The van der Waals surface area contributed by atoms with E-state index in [9.17, 15) is 9.59 Å². The van der Waals surface area contributed by atoms with Gasteiger partial charge in [-0.05, 0) is 61.9 Å². The molecule has 0 aliphatic carbocycles. The molecule has 204 valence electrons. The standard InChI is InChI=1S/C31H34N2O6/c1-22(34)38-30-19-23(11-13-29(30)36-3)12-14-31(35)32-28-10-5-4-7-24(28)21-37-26-8-6-9-27(20-26)39-25-15-17-33(2)18-16-25/h4-14,19-20,25H,15-18,21H2,1-3H3,(H,32,35). The van der Waals surface area contributed by atoms with Crippen molar-refractivity contribution in [3.05, 3.63) is 83.9 Å². The van der Waals surface area contributed by atoms with E-state index in [4.69, 9.17) is 18.9 Å². The second-order valence-corrected chi connectivity index (χ2v) is 9.37. The van der Waals surface area contributed by atoms with Crippen LogP contribution in [0.5, 0.6) is 23.0 Å². The van der Waals surface area contributed by atoms with E-state index in [1.54, 1.807) is 24.3 Å². The van der Waals surface area contributed by atoms with Gasteiger partial charge in [-0.15, -0.1) is 0 Å².